The summed E-state index contributed by atoms with van der Waals surface area (Å²) in [4.78, 5) is 11.4. The minimum atomic E-state index is -2.07. The van der Waals surface area contributed by atoms with E-state index in [-0.39, 0.29) is 10.6 Å². The lowest BCUT2D eigenvalue weighted by Crippen LogP contribution is -2.44. The maximum Gasteiger partial charge on any atom is 0.339 e. The summed E-state index contributed by atoms with van der Waals surface area (Å²) in [7, 11) is -2.07. The van der Waals surface area contributed by atoms with Crippen LogP contribution in [0.25, 0.3) is 0 Å². The van der Waals surface area contributed by atoms with Gasteiger partial charge in [-0.2, -0.15) is 0 Å². The monoisotopic (exact) mass is 344 g/mol. The Morgan fingerprint density at radius 1 is 1.32 bits per heavy atom. The lowest BCUT2D eigenvalue weighted by atomic mass is 10.1. The van der Waals surface area contributed by atoms with Gasteiger partial charge in [0.15, 0.2) is 0 Å². The van der Waals surface area contributed by atoms with Gasteiger partial charge in [0.05, 0.1) is 4.47 Å². The zero-order chi connectivity index (χ0) is 15.0. The number of carbonyl (C=O) groups is 1. The number of carboxylic acids is 1. The SMILES string of the molecule is Cc1cc(Br)c(O[Si](C)(C)C(C)(C)C)c(C(=O)O)c1. The minimum Gasteiger partial charge on any atom is -0.542 e. The summed E-state index contributed by atoms with van der Waals surface area (Å²) in [6, 6.07) is 3.53. The first-order chi connectivity index (χ1) is 8.45. The second-order valence-corrected chi connectivity index (χ2v) is 11.9. The van der Waals surface area contributed by atoms with Crippen molar-refractivity contribution in [1.29, 1.82) is 0 Å². The van der Waals surface area contributed by atoms with E-state index in [2.05, 4.69) is 49.8 Å². The molecule has 0 aromatic heterocycles. The highest BCUT2D eigenvalue weighted by Gasteiger charge is 2.40. The highest BCUT2D eigenvalue weighted by molar-refractivity contribution is 9.10. The number of rotatable bonds is 3. The number of benzene rings is 1. The standard InChI is InChI=1S/C14H21BrO3Si/c1-9-7-10(13(16)17)12(11(15)8-9)18-19(5,6)14(2,3)4/h7-8H,1-6H3,(H,16,17). The molecule has 0 aliphatic rings. The van der Waals surface area contributed by atoms with Crippen molar-refractivity contribution in [3.63, 3.8) is 0 Å². The van der Waals surface area contributed by atoms with E-state index < -0.39 is 14.3 Å². The number of hydrogen-bond donors (Lipinski definition) is 1. The Bertz CT molecular complexity index is 504. The molecule has 0 unspecified atom stereocenters. The molecule has 0 spiro atoms. The van der Waals surface area contributed by atoms with Crippen LogP contribution in [0.5, 0.6) is 5.75 Å². The van der Waals surface area contributed by atoms with Crippen LogP contribution in [0.3, 0.4) is 0 Å². The van der Waals surface area contributed by atoms with Crippen LogP contribution in [0.1, 0.15) is 36.7 Å². The fourth-order valence-corrected chi connectivity index (χ4v) is 3.24. The molecule has 1 aromatic rings. The molecule has 0 heterocycles. The van der Waals surface area contributed by atoms with Crippen LogP contribution in [-0.2, 0) is 0 Å². The zero-order valence-corrected chi connectivity index (χ0v) is 14.9. The molecular formula is C14H21BrO3Si. The Balaban J connectivity index is 3.32. The van der Waals surface area contributed by atoms with Crippen molar-refractivity contribution in [2.45, 2.75) is 45.8 Å². The molecule has 0 aliphatic heterocycles. The fraction of sp³-hybridized carbons (Fsp3) is 0.500. The quantitative estimate of drug-likeness (QED) is 0.798. The smallest absolute Gasteiger partial charge is 0.339 e. The topological polar surface area (TPSA) is 46.5 Å². The van der Waals surface area contributed by atoms with Gasteiger partial charge in [-0.05, 0) is 58.7 Å². The van der Waals surface area contributed by atoms with Crippen LogP contribution >= 0.6 is 15.9 Å². The summed E-state index contributed by atoms with van der Waals surface area (Å²) in [6.45, 7) is 12.5. The molecule has 19 heavy (non-hydrogen) atoms. The summed E-state index contributed by atoms with van der Waals surface area (Å²) < 4.78 is 6.86. The van der Waals surface area contributed by atoms with Crippen LogP contribution < -0.4 is 4.43 Å². The second kappa shape index (κ2) is 5.29. The van der Waals surface area contributed by atoms with Gasteiger partial charge in [0.2, 0.25) is 0 Å². The van der Waals surface area contributed by atoms with Gasteiger partial charge in [-0.15, -0.1) is 0 Å². The van der Waals surface area contributed by atoms with Gasteiger partial charge in [-0.3, -0.25) is 0 Å². The highest BCUT2D eigenvalue weighted by atomic mass is 79.9. The maximum absolute atomic E-state index is 11.4. The lowest BCUT2D eigenvalue weighted by Gasteiger charge is -2.37. The van der Waals surface area contributed by atoms with Crippen molar-refractivity contribution in [3.05, 3.63) is 27.7 Å². The molecule has 0 amide bonds. The van der Waals surface area contributed by atoms with E-state index in [9.17, 15) is 9.90 Å². The minimum absolute atomic E-state index is 0.0209. The van der Waals surface area contributed by atoms with Crippen LogP contribution in [0.15, 0.2) is 16.6 Å². The predicted octanol–water partition coefficient (Wildman–Crippen LogP) is 4.84. The first kappa shape index (κ1) is 16.2. The Morgan fingerprint density at radius 3 is 2.26 bits per heavy atom. The van der Waals surface area contributed by atoms with E-state index in [0.717, 1.165) is 5.56 Å². The summed E-state index contributed by atoms with van der Waals surface area (Å²) in [6.07, 6.45) is 0. The summed E-state index contributed by atoms with van der Waals surface area (Å²) in [5.74, 6) is -0.511. The summed E-state index contributed by atoms with van der Waals surface area (Å²) in [5.41, 5.74) is 1.11. The van der Waals surface area contributed by atoms with Crippen molar-refractivity contribution >= 4 is 30.2 Å². The average molecular weight is 345 g/mol. The molecule has 1 aromatic carbocycles. The van der Waals surface area contributed by atoms with Crippen molar-refractivity contribution in [2.24, 2.45) is 0 Å². The largest absolute Gasteiger partial charge is 0.542 e. The normalized spacial score (nSPS) is 12.4. The van der Waals surface area contributed by atoms with E-state index >= 15 is 0 Å². The Kier molecular flexibility index (Phi) is 4.52. The highest BCUT2D eigenvalue weighted by Crippen LogP contribution is 2.41. The van der Waals surface area contributed by atoms with Gasteiger partial charge in [0.25, 0.3) is 8.32 Å². The molecule has 3 nitrogen and oxygen atoms in total. The number of aryl methyl sites for hydroxylation is 1. The van der Waals surface area contributed by atoms with Crippen LogP contribution in [0.2, 0.25) is 18.1 Å². The average Bonchev–Trinajstić information content (AvgIpc) is 2.19. The number of halogens is 1. The van der Waals surface area contributed by atoms with Crippen molar-refractivity contribution < 1.29 is 14.3 Å². The van der Waals surface area contributed by atoms with Gasteiger partial charge in [-0.25, -0.2) is 4.79 Å². The molecule has 0 bridgehead atoms. The molecule has 0 saturated carbocycles. The molecular weight excluding hydrogens is 324 g/mol. The third kappa shape index (κ3) is 3.60. The third-order valence-electron chi connectivity index (χ3n) is 3.58. The molecule has 106 valence electrons. The zero-order valence-electron chi connectivity index (χ0n) is 12.3. The summed E-state index contributed by atoms with van der Waals surface area (Å²) >= 11 is 3.42. The Labute approximate surface area is 124 Å². The molecule has 0 radical (unpaired) electrons. The molecule has 0 fully saturated rings. The molecule has 1 N–H and O–H groups in total. The third-order valence-corrected chi connectivity index (χ3v) is 8.50. The van der Waals surface area contributed by atoms with E-state index in [1.165, 1.54) is 0 Å². The first-order valence-electron chi connectivity index (χ1n) is 6.18. The van der Waals surface area contributed by atoms with Gasteiger partial charge < -0.3 is 9.53 Å². The second-order valence-electron chi connectivity index (χ2n) is 6.29. The Morgan fingerprint density at radius 2 is 1.84 bits per heavy atom. The van der Waals surface area contributed by atoms with Crippen LogP contribution in [0, 0.1) is 6.92 Å². The van der Waals surface area contributed by atoms with Crippen molar-refractivity contribution in [3.8, 4) is 5.75 Å². The molecule has 1 rings (SSSR count). The van der Waals surface area contributed by atoms with Crippen LogP contribution in [0.4, 0.5) is 0 Å². The lowest BCUT2D eigenvalue weighted by molar-refractivity contribution is 0.0694. The van der Waals surface area contributed by atoms with Gasteiger partial charge >= 0.3 is 5.97 Å². The van der Waals surface area contributed by atoms with E-state index in [4.69, 9.17) is 4.43 Å². The number of carboxylic acid groups (broad SMARTS) is 1. The fourth-order valence-electron chi connectivity index (χ4n) is 1.40. The first-order valence-corrected chi connectivity index (χ1v) is 9.88. The number of hydrogen-bond acceptors (Lipinski definition) is 2. The van der Waals surface area contributed by atoms with Crippen molar-refractivity contribution in [1.82, 2.24) is 0 Å². The van der Waals surface area contributed by atoms with Crippen molar-refractivity contribution in [2.75, 3.05) is 0 Å². The van der Waals surface area contributed by atoms with E-state index in [1.807, 2.05) is 13.0 Å². The van der Waals surface area contributed by atoms with Gasteiger partial charge in [-0.1, -0.05) is 20.8 Å². The predicted molar refractivity (Wildman–Crippen MR) is 83.7 cm³/mol. The van der Waals surface area contributed by atoms with E-state index in [0.29, 0.717) is 10.2 Å². The Hall–Kier alpha value is -0.813. The summed E-state index contributed by atoms with van der Waals surface area (Å²) in [5, 5.41) is 9.35. The molecule has 0 saturated heterocycles. The molecule has 5 heteroatoms. The maximum atomic E-state index is 11.4. The van der Waals surface area contributed by atoms with E-state index in [1.54, 1.807) is 6.07 Å². The van der Waals surface area contributed by atoms with Crippen LogP contribution in [-0.4, -0.2) is 19.4 Å². The van der Waals surface area contributed by atoms with Gasteiger partial charge in [0.1, 0.15) is 11.3 Å². The molecule has 0 atom stereocenters. The molecule has 0 aliphatic carbocycles. The van der Waals surface area contributed by atoms with Gasteiger partial charge in [0, 0.05) is 0 Å². The number of aromatic carboxylic acids is 1.